The highest BCUT2D eigenvalue weighted by Crippen LogP contribution is 2.34. The number of ether oxygens (including phenoxy) is 1. The summed E-state index contributed by atoms with van der Waals surface area (Å²) < 4.78 is 4.94. The van der Waals surface area contributed by atoms with Gasteiger partial charge in [0.15, 0.2) is 0 Å². The van der Waals surface area contributed by atoms with Crippen LogP contribution in [0.4, 0.5) is 4.79 Å². The van der Waals surface area contributed by atoms with Gasteiger partial charge in [0.25, 0.3) is 0 Å². The number of urea groups is 1. The molecule has 2 aliphatic rings. The Kier molecular flexibility index (Phi) is 7.59. The molecule has 3 rings (SSSR count). The molecule has 3 N–H and O–H groups in total. The summed E-state index contributed by atoms with van der Waals surface area (Å²) in [4.78, 5) is 40.2. The Hall–Kier alpha value is -1.85. The van der Waals surface area contributed by atoms with Gasteiger partial charge in [0.1, 0.15) is 0 Å². The second kappa shape index (κ2) is 9.97. The van der Waals surface area contributed by atoms with Gasteiger partial charge in [-0.05, 0) is 17.7 Å². The summed E-state index contributed by atoms with van der Waals surface area (Å²) in [5.74, 6) is -0.814. The number of hydrogen-bond donors (Lipinski definition) is 3. The fraction of sp³-hybridized carbons (Fsp3) is 0.526. The molecule has 164 valence electrons. The number of carbonyl (C=O) groups is 3. The number of rotatable bonds is 7. The Bertz CT molecular complexity index is 813. The first-order valence-electron chi connectivity index (χ1n) is 9.52. The van der Waals surface area contributed by atoms with E-state index in [0.29, 0.717) is 18.2 Å². The van der Waals surface area contributed by atoms with Crippen LogP contribution in [0.25, 0.3) is 0 Å². The third-order valence-electron chi connectivity index (χ3n) is 5.16. The van der Waals surface area contributed by atoms with Gasteiger partial charge in [-0.15, -0.1) is 11.8 Å². The summed E-state index contributed by atoms with van der Waals surface area (Å²) in [6.07, 6.45) is -0.856. The molecule has 2 heterocycles. The lowest BCUT2D eigenvalue weighted by Gasteiger charge is -2.50. The van der Waals surface area contributed by atoms with Crippen molar-refractivity contribution in [1.82, 2.24) is 25.8 Å². The van der Waals surface area contributed by atoms with E-state index in [1.54, 1.807) is 20.2 Å². The van der Waals surface area contributed by atoms with Gasteiger partial charge in [0.2, 0.25) is 11.8 Å². The third kappa shape index (κ3) is 4.89. The van der Waals surface area contributed by atoms with E-state index in [0.717, 1.165) is 10.5 Å². The summed E-state index contributed by atoms with van der Waals surface area (Å²) in [5, 5.41) is 9.73. The van der Waals surface area contributed by atoms with E-state index in [2.05, 4.69) is 16.0 Å². The number of hydrogen-bond acceptors (Lipinski definition) is 7. The van der Waals surface area contributed by atoms with Crippen molar-refractivity contribution in [2.75, 3.05) is 40.1 Å². The largest absolute Gasteiger partial charge is 0.383 e. The van der Waals surface area contributed by atoms with Gasteiger partial charge < -0.3 is 15.0 Å². The van der Waals surface area contributed by atoms with E-state index in [1.807, 2.05) is 18.2 Å². The average molecular weight is 456 g/mol. The molecule has 4 atom stereocenters. The van der Waals surface area contributed by atoms with Crippen molar-refractivity contribution in [3.63, 3.8) is 0 Å². The minimum absolute atomic E-state index is 0.144. The van der Waals surface area contributed by atoms with Crippen LogP contribution < -0.4 is 16.0 Å². The van der Waals surface area contributed by atoms with E-state index in [-0.39, 0.29) is 35.1 Å². The van der Waals surface area contributed by atoms with Gasteiger partial charge in [-0.2, -0.15) is 0 Å². The van der Waals surface area contributed by atoms with Crippen LogP contribution in [0.2, 0.25) is 5.02 Å². The zero-order valence-corrected chi connectivity index (χ0v) is 18.6. The van der Waals surface area contributed by atoms with Crippen molar-refractivity contribution >= 4 is 41.2 Å². The molecule has 0 saturated carbocycles. The Labute approximate surface area is 184 Å². The molecule has 11 heteroatoms. The van der Waals surface area contributed by atoms with E-state index < -0.39 is 12.1 Å². The maximum Gasteiger partial charge on any atom is 0.327 e. The van der Waals surface area contributed by atoms with Crippen molar-refractivity contribution in [1.29, 1.82) is 0 Å². The van der Waals surface area contributed by atoms with Crippen LogP contribution in [0, 0.1) is 5.92 Å². The highest BCUT2D eigenvalue weighted by Gasteiger charge is 2.51. The zero-order chi connectivity index (χ0) is 21.8. The van der Waals surface area contributed by atoms with Gasteiger partial charge in [0, 0.05) is 32.8 Å². The lowest BCUT2D eigenvalue weighted by molar-refractivity contribution is -0.140. The van der Waals surface area contributed by atoms with Crippen LogP contribution in [-0.4, -0.2) is 79.3 Å². The van der Waals surface area contributed by atoms with Crippen molar-refractivity contribution in [2.45, 2.75) is 17.7 Å². The van der Waals surface area contributed by atoms with Gasteiger partial charge >= 0.3 is 6.03 Å². The fourth-order valence-corrected chi connectivity index (χ4v) is 4.92. The standard InChI is InChI=1S/C19H26ClN5O4S/c1-24-16-14(18(27)25(2)19(24)28)17(30-10-13(26)21-7-8-29-3)23-15(22-16)11-5-4-6-12(20)9-11/h4-6,9,14-17,22-23H,7-8,10H2,1-3H3,(H,21,26). The monoisotopic (exact) mass is 455 g/mol. The normalized spacial score (nSPS) is 26.5. The quantitative estimate of drug-likeness (QED) is 0.523. The lowest BCUT2D eigenvalue weighted by Crippen LogP contribution is -2.72. The molecule has 4 unspecified atom stereocenters. The summed E-state index contributed by atoms with van der Waals surface area (Å²) in [5.41, 5.74) is 0.878. The molecule has 4 amide bonds. The number of methoxy groups -OCH3 is 1. The van der Waals surface area contributed by atoms with Crippen LogP contribution in [-0.2, 0) is 14.3 Å². The Balaban J connectivity index is 1.80. The van der Waals surface area contributed by atoms with Crippen LogP contribution >= 0.6 is 23.4 Å². The number of fused-ring (bicyclic) bond motifs is 1. The first-order valence-corrected chi connectivity index (χ1v) is 11.0. The van der Waals surface area contributed by atoms with E-state index >= 15 is 0 Å². The van der Waals surface area contributed by atoms with E-state index in [1.165, 1.54) is 23.7 Å². The van der Waals surface area contributed by atoms with Crippen molar-refractivity contribution in [3.8, 4) is 0 Å². The van der Waals surface area contributed by atoms with Gasteiger partial charge in [-0.3, -0.25) is 25.1 Å². The predicted molar refractivity (Wildman–Crippen MR) is 115 cm³/mol. The fourth-order valence-electron chi connectivity index (χ4n) is 3.59. The number of benzene rings is 1. The summed E-state index contributed by atoms with van der Waals surface area (Å²) >= 11 is 7.48. The molecular weight excluding hydrogens is 430 g/mol. The molecule has 0 spiro atoms. The molecule has 1 aromatic rings. The van der Waals surface area contributed by atoms with E-state index in [4.69, 9.17) is 16.3 Å². The lowest BCUT2D eigenvalue weighted by atomic mass is 9.96. The molecule has 30 heavy (non-hydrogen) atoms. The van der Waals surface area contributed by atoms with Gasteiger partial charge in [-0.25, -0.2) is 4.79 Å². The number of amides is 4. The van der Waals surface area contributed by atoms with Crippen LogP contribution in [0.15, 0.2) is 24.3 Å². The Morgan fingerprint density at radius 2 is 2.07 bits per heavy atom. The number of nitrogens with one attached hydrogen (secondary N) is 3. The first kappa shape index (κ1) is 22.8. The highest BCUT2D eigenvalue weighted by molar-refractivity contribution is 8.00. The zero-order valence-electron chi connectivity index (χ0n) is 17.1. The second-order valence-corrected chi connectivity index (χ2v) is 8.72. The van der Waals surface area contributed by atoms with Crippen molar-refractivity contribution in [3.05, 3.63) is 34.9 Å². The number of halogens is 1. The SMILES string of the molecule is COCCNC(=O)CSC1NC(c2cccc(Cl)c2)NC2C1C(=O)N(C)C(=O)N2C. The molecule has 9 nitrogen and oxygen atoms in total. The third-order valence-corrected chi connectivity index (χ3v) is 6.61. The topological polar surface area (TPSA) is 103 Å². The molecule has 1 aromatic carbocycles. The van der Waals surface area contributed by atoms with E-state index in [9.17, 15) is 14.4 Å². The molecule has 2 aliphatic heterocycles. The molecule has 0 bridgehead atoms. The number of carbonyl (C=O) groups excluding carboxylic acids is 3. The molecule has 2 saturated heterocycles. The number of nitrogens with zero attached hydrogens (tertiary/aromatic N) is 2. The summed E-state index contributed by atoms with van der Waals surface area (Å²) in [7, 11) is 4.70. The minimum atomic E-state index is -0.551. The number of imide groups is 1. The highest BCUT2D eigenvalue weighted by atomic mass is 35.5. The molecule has 0 aliphatic carbocycles. The van der Waals surface area contributed by atoms with Crippen molar-refractivity contribution in [2.24, 2.45) is 5.92 Å². The van der Waals surface area contributed by atoms with Crippen LogP contribution in [0.3, 0.4) is 0 Å². The molecule has 0 aromatic heterocycles. The van der Waals surface area contributed by atoms with Crippen LogP contribution in [0.1, 0.15) is 11.7 Å². The minimum Gasteiger partial charge on any atom is -0.383 e. The van der Waals surface area contributed by atoms with Crippen molar-refractivity contribution < 1.29 is 19.1 Å². The van der Waals surface area contributed by atoms with Crippen LogP contribution in [0.5, 0.6) is 0 Å². The molecular formula is C19H26ClN5O4S. The summed E-state index contributed by atoms with van der Waals surface area (Å²) in [6.45, 7) is 0.853. The maximum absolute atomic E-state index is 12.9. The average Bonchev–Trinajstić information content (AvgIpc) is 2.74. The number of thioether (sulfide) groups is 1. The first-order chi connectivity index (χ1) is 14.3. The summed E-state index contributed by atoms with van der Waals surface area (Å²) in [6, 6.07) is 6.98. The Morgan fingerprint density at radius 3 is 2.77 bits per heavy atom. The molecule has 2 fully saturated rings. The maximum atomic E-state index is 12.9. The second-order valence-electron chi connectivity index (χ2n) is 7.16. The predicted octanol–water partition coefficient (Wildman–Crippen LogP) is 0.819. The smallest absolute Gasteiger partial charge is 0.327 e. The Morgan fingerprint density at radius 1 is 1.30 bits per heavy atom. The van der Waals surface area contributed by atoms with Gasteiger partial charge in [-0.1, -0.05) is 23.7 Å². The van der Waals surface area contributed by atoms with Gasteiger partial charge in [0.05, 0.1) is 36.0 Å². The molecule has 0 radical (unpaired) electrons.